The van der Waals surface area contributed by atoms with Gasteiger partial charge in [0.2, 0.25) is 5.91 Å². The summed E-state index contributed by atoms with van der Waals surface area (Å²) >= 11 is 3.33. The molecule has 3 fully saturated rings. The molecule has 6 rings (SSSR count). The highest BCUT2D eigenvalue weighted by Gasteiger charge is 2.28. The van der Waals surface area contributed by atoms with Crippen molar-refractivity contribution >= 4 is 60.2 Å². The molecular formula is C26H35N7O2S2. The fraction of sp³-hybridized carbons (Fsp3) is 0.615. The topological polar surface area (TPSA) is 93.7 Å². The number of urea groups is 1. The molecule has 9 nitrogen and oxygen atoms in total. The van der Waals surface area contributed by atoms with Crippen molar-refractivity contribution < 1.29 is 9.59 Å². The van der Waals surface area contributed by atoms with Gasteiger partial charge in [-0.2, -0.15) is 0 Å². The highest BCUT2D eigenvalue weighted by atomic mass is 32.1. The van der Waals surface area contributed by atoms with Crippen LogP contribution in [0.5, 0.6) is 0 Å². The Morgan fingerprint density at radius 3 is 2.59 bits per heavy atom. The van der Waals surface area contributed by atoms with Crippen molar-refractivity contribution in [3.05, 3.63) is 16.6 Å². The summed E-state index contributed by atoms with van der Waals surface area (Å²) in [7, 11) is 0. The minimum atomic E-state index is 0.0412. The van der Waals surface area contributed by atoms with Crippen molar-refractivity contribution in [1.29, 1.82) is 0 Å². The van der Waals surface area contributed by atoms with Crippen LogP contribution in [0, 0.1) is 6.92 Å². The molecule has 4 heterocycles. The van der Waals surface area contributed by atoms with Gasteiger partial charge in [0.15, 0.2) is 5.13 Å². The van der Waals surface area contributed by atoms with Gasteiger partial charge in [0.25, 0.3) is 0 Å². The number of thiazole rings is 2. The highest BCUT2D eigenvalue weighted by Crippen LogP contribution is 2.36. The van der Waals surface area contributed by atoms with Gasteiger partial charge in [0.05, 0.1) is 32.0 Å². The van der Waals surface area contributed by atoms with Crippen LogP contribution in [-0.4, -0.2) is 95.0 Å². The molecule has 0 spiro atoms. The summed E-state index contributed by atoms with van der Waals surface area (Å²) in [5.74, 6) is 0.153. The molecule has 3 aliphatic rings. The van der Waals surface area contributed by atoms with Gasteiger partial charge in [-0.25, -0.2) is 14.8 Å². The molecule has 37 heavy (non-hydrogen) atoms. The molecule has 1 saturated carbocycles. The minimum absolute atomic E-state index is 0.0412. The number of aryl methyl sites for hydroxylation is 2. The van der Waals surface area contributed by atoms with E-state index in [-0.39, 0.29) is 18.5 Å². The van der Waals surface area contributed by atoms with E-state index in [0.29, 0.717) is 0 Å². The zero-order chi connectivity index (χ0) is 25.4. The zero-order valence-corrected chi connectivity index (χ0v) is 23.1. The smallest absolute Gasteiger partial charge is 0.317 e. The molecule has 3 aromatic rings. The van der Waals surface area contributed by atoms with E-state index in [0.717, 1.165) is 96.1 Å². The fourth-order valence-electron chi connectivity index (χ4n) is 5.87. The zero-order valence-electron chi connectivity index (χ0n) is 21.4. The SMILES string of the molecule is Cc1c2nc(CCCN3CCNC3=O)sc2cc2sc(NCC(=O)N3CCN(C4CCCC4)CC3)nc12. The summed E-state index contributed by atoms with van der Waals surface area (Å²) in [6, 6.07) is 2.96. The third kappa shape index (κ3) is 5.26. The first-order valence-corrected chi connectivity index (χ1v) is 15.2. The van der Waals surface area contributed by atoms with Gasteiger partial charge < -0.3 is 20.4 Å². The molecule has 1 aromatic carbocycles. The first-order chi connectivity index (χ1) is 18.0. The second-order valence-corrected chi connectivity index (χ2v) is 12.5. The van der Waals surface area contributed by atoms with Crippen molar-refractivity contribution in [1.82, 2.24) is 30.0 Å². The molecule has 0 atom stereocenters. The van der Waals surface area contributed by atoms with E-state index >= 15 is 0 Å². The van der Waals surface area contributed by atoms with Crippen molar-refractivity contribution in [2.45, 2.75) is 51.5 Å². The molecule has 0 radical (unpaired) electrons. The third-order valence-electron chi connectivity index (χ3n) is 7.99. The molecule has 0 bridgehead atoms. The van der Waals surface area contributed by atoms with Gasteiger partial charge >= 0.3 is 6.03 Å². The van der Waals surface area contributed by atoms with Crippen LogP contribution in [0.25, 0.3) is 20.4 Å². The van der Waals surface area contributed by atoms with Gasteiger partial charge in [-0.15, -0.1) is 11.3 Å². The third-order valence-corrected chi connectivity index (χ3v) is 10.0. The standard InChI is InChI=1S/C26H35N7O2S2/c1-17-23-19(36-21(29-23)7-4-9-33-10-8-27-26(33)35)15-20-24(17)30-25(37-20)28-16-22(34)32-13-11-31(12-14-32)18-5-2-3-6-18/h15,18H,2-14,16H2,1H3,(H,27,35)(H,28,30). The van der Waals surface area contributed by atoms with Crippen molar-refractivity contribution in [3.63, 3.8) is 0 Å². The number of nitrogens with one attached hydrogen (secondary N) is 2. The second-order valence-electron chi connectivity index (χ2n) is 10.4. The predicted molar refractivity (Wildman–Crippen MR) is 150 cm³/mol. The van der Waals surface area contributed by atoms with E-state index in [1.165, 1.54) is 30.4 Å². The number of benzene rings is 1. The van der Waals surface area contributed by atoms with E-state index in [2.05, 4.69) is 28.5 Å². The number of carbonyl (C=O) groups excluding carboxylic acids is 2. The summed E-state index contributed by atoms with van der Waals surface area (Å²) in [6.07, 6.45) is 7.12. The summed E-state index contributed by atoms with van der Waals surface area (Å²) < 4.78 is 2.29. The molecule has 2 saturated heterocycles. The predicted octanol–water partition coefficient (Wildman–Crippen LogP) is 3.67. The Morgan fingerprint density at radius 2 is 1.84 bits per heavy atom. The summed E-state index contributed by atoms with van der Waals surface area (Å²) in [5, 5.41) is 8.03. The number of fused-ring (bicyclic) bond motifs is 2. The fourth-order valence-corrected chi connectivity index (χ4v) is 8.02. The molecule has 3 amide bonds. The Hall–Kier alpha value is -2.50. The number of aromatic nitrogens is 2. The average molecular weight is 542 g/mol. The van der Waals surface area contributed by atoms with Crippen LogP contribution in [0.1, 0.15) is 42.7 Å². The number of amides is 3. The molecule has 2 aliphatic heterocycles. The van der Waals surface area contributed by atoms with Crippen LogP contribution < -0.4 is 10.6 Å². The van der Waals surface area contributed by atoms with Crippen LogP contribution in [0.2, 0.25) is 0 Å². The first kappa shape index (κ1) is 24.8. The number of hydrogen-bond donors (Lipinski definition) is 2. The maximum absolute atomic E-state index is 12.8. The van der Waals surface area contributed by atoms with Gasteiger partial charge in [0.1, 0.15) is 0 Å². The first-order valence-electron chi connectivity index (χ1n) is 13.5. The number of nitrogens with zero attached hydrogens (tertiary/aromatic N) is 5. The molecular weight excluding hydrogens is 506 g/mol. The van der Waals surface area contributed by atoms with Gasteiger partial charge in [-0.3, -0.25) is 9.69 Å². The number of piperazine rings is 1. The van der Waals surface area contributed by atoms with E-state index in [1.54, 1.807) is 22.7 Å². The van der Waals surface area contributed by atoms with Crippen molar-refractivity contribution in [2.75, 3.05) is 57.7 Å². The van der Waals surface area contributed by atoms with Gasteiger partial charge in [-0.1, -0.05) is 24.2 Å². The molecule has 2 N–H and O–H groups in total. The maximum Gasteiger partial charge on any atom is 0.317 e. The lowest BCUT2D eigenvalue weighted by Crippen LogP contribution is -2.52. The van der Waals surface area contributed by atoms with Gasteiger partial charge in [-0.05, 0) is 32.3 Å². The largest absolute Gasteiger partial charge is 0.352 e. The molecule has 2 aromatic heterocycles. The van der Waals surface area contributed by atoms with E-state index in [1.807, 2.05) is 9.80 Å². The molecule has 1 aliphatic carbocycles. The van der Waals surface area contributed by atoms with E-state index in [9.17, 15) is 9.59 Å². The van der Waals surface area contributed by atoms with E-state index in [4.69, 9.17) is 9.97 Å². The normalized spacial score (nSPS) is 19.4. The summed E-state index contributed by atoms with van der Waals surface area (Å²) in [4.78, 5) is 40.7. The van der Waals surface area contributed by atoms with Crippen LogP contribution in [0.15, 0.2) is 6.07 Å². The average Bonchev–Trinajstić information content (AvgIpc) is 3.71. The number of carbonyl (C=O) groups is 2. The van der Waals surface area contributed by atoms with Gasteiger partial charge in [0, 0.05) is 63.8 Å². The van der Waals surface area contributed by atoms with Crippen molar-refractivity contribution in [3.8, 4) is 0 Å². The van der Waals surface area contributed by atoms with E-state index < -0.39 is 0 Å². The Kier molecular flexibility index (Phi) is 7.18. The van der Waals surface area contributed by atoms with Crippen LogP contribution in [0.4, 0.5) is 9.93 Å². The molecule has 11 heteroatoms. The Morgan fingerprint density at radius 1 is 1.08 bits per heavy atom. The molecule has 0 unspecified atom stereocenters. The molecule has 198 valence electrons. The monoisotopic (exact) mass is 541 g/mol. The summed E-state index contributed by atoms with van der Waals surface area (Å²) in [6.45, 7) is 8.31. The maximum atomic E-state index is 12.8. The number of hydrogen-bond acceptors (Lipinski definition) is 8. The summed E-state index contributed by atoms with van der Waals surface area (Å²) in [5.41, 5.74) is 3.07. The Balaban J connectivity index is 1.05. The quantitative estimate of drug-likeness (QED) is 0.452. The number of anilines is 1. The van der Waals surface area contributed by atoms with Crippen LogP contribution in [-0.2, 0) is 11.2 Å². The highest BCUT2D eigenvalue weighted by molar-refractivity contribution is 7.23. The lowest BCUT2D eigenvalue weighted by molar-refractivity contribution is -0.131. The number of rotatable bonds is 8. The Bertz CT molecular complexity index is 1290. The second kappa shape index (κ2) is 10.7. The lowest BCUT2D eigenvalue weighted by atomic mass is 10.2. The van der Waals surface area contributed by atoms with Crippen LogP contribution in [0.3, 0.4) is 0 Å². The van der Waals surface area contributed by atoms with Crippen LogP contribution >= 0.6 is 22.7 Å². The van der Waals surface area contributed by atoms with Crippen molar-refractivity contribution in [2.24, 2.45) is 0 Å². The lowest BCUT2D eigenvalue weighted by Gasteiger charge is -2.38. The Labute approximate surface area is 225 Å². The minimum Gasteiger partial charge on any atom is -0.352 e.